The first kappa shape index (κ1) is 8.11. The molecule has 0 aliphatic rings. The third-order valence-electron chi connectivity index (χ3n) is 0.772. The lowest BCUT2D eigenvalue weighted by Crippen LogP contribution is -2.36. The summed E-state index contributed by atoms with van der Waals surface area (Å²) in [6.45, 7) is 1.94. The molecule has 0 aliphatic heterocycles. The normalized spacial score (nSPS) is 10.1. The summed E-state index contributed by atoms with van der Waals surface area (Å²) in [4.78, 5) is 0. The van der Waals surface area contributed by atoms with Crippen LogP contribution in [0.5, 0.6) is 0 Å². The van der Waals surface area contributed by atoms with E-state index in [-0.39, 0.29) is 0 Å². The lowest BCUT2D eigenvalue weighted by atomic mass is 9.85. The van der Waals surface area contributed by atoms with E-state index in [1.54, 1.807) is 14.6 Å². The molecule has 0 aromatic carbocycles. The van der Waals surface area contributed by atoms with Gasteiger partial charge in [-0.05, 0) is 14.1 Å². The fraction of sp³-hybridized carbons (Fsp3) is 1.00. The smallest absolute Gasteiger partial charge is 0.286 e. The summed E-state index contributed by atoms with van der Waals surface area (Å²) in [6, 6.07) is 0. The SMILES string of the molecule is [B]N(C)[B]N(C)[B]C. The van der Waals surface area contributed by atoms with Crippen molar-refractivity contribution in [2.45, 2.75) is 6.82 Å². The standard InChI is InChI=1S/C3H9B3N2/c1-5-8(3)6-7(2)4/h1-3H3. The quantitative estimate of drug-likeness (QED) is 0.431. The van der Waals surface area contributed by atoms with Crippen LogP contribution >= 0.6 is 0 Å². The minimum absolute atomic E-state index is 1.50. The summed E-state index contributed by atoms with van der Waals surface area (Å²) in [6.07, 6.45) is 0. The van der Waals surface area contributed by atoms with Crippen LogP contribution in [0.3, 0.4) is 0 Å². The lowest BCUT2D eigenvalue weighted by molar-refractivity contribution is 0.735. The molecular formula is C3H9B3N2. The van der Waals surface area contributed by atoms with Crippen LogP contribution in [0.4, 0.5) is 0 Å². The molecule has 0 rings (SSSR count). The second-order valence-electron chi connectivity index (χ2n) is 1.70. The van der Waals surface area contributed by atoms with E-state index in [9.17, 15) is 0 Å². The van der Waals surface area contributed by atoms with Crippen molar-refractivity contribution >= 4 is 22.9 Å². The van der Waals surface area contributed by atoms with Gasteiger partial charge in [0.2, 0.25) is 0 Å². The first-order valence-corrected chi connectivity index (χ1v) is 2.50. The van der Waals surface area contributed by atoms with Crippen LogP contribution in [0.15, 0.2) is 0 Å². The Morgan fingerprint density at radius 1 is 1.38 bits per heavy atom. The third kappa shape index (κ3) is 4.28. The summed E-state index contributed by atoms with van der Waals surface area (Å²) in [5.41, 5.74) is 0. The predicted molar refractivity (Wildman–Crippen MR) is 38.7 cm³/mol. The van der Waals surface area contributed by atoms with Crippen LogP contribution in [0.1, 0.15) is 0 Å². The van der Waals surface area contributed by atoms with Crippen molar-refractivity contribution in [3.05, 3.63) is 0 Å². The summed E-state index contributed by atoms with van der Waals surface area (Å²) < 4.78 is 3.38. The Morgan fingerprint density at radius 3 is 2.00 bits per heavy atom. The average Bonchev–Trinajstić information content (AvgIpc) is 1.65. The molecule has 40 valence electrons. The molecular weight excluding hydrogens is 96.5 g/mol. The number of rotatable bonds is 3. The van der Waals surface area contributed by atoms with Gasteiger partial charge in [0.25, 0.3) is 7.55 Å². The topological polar surface area (TPSA) is 6.48 Å². The summed E-state index contributed by atoms with van der Waals surface area (Å²) in [5.74, 6) is 0. The van der Waals surface area contributed by atoms with Crippen LogP contribution < -0.4 is 0 Å². The largest absolute Gasteiger partial charge is 0.387 e. The van der Waals surface area contributed by atoms with Crippen LogP contribution in [0.2, 0.25) is 6.82 Å². The van der Waals surface area contributed by atoms with E-state index in [1.807, 2.05) is 26.0 Å². The van der Waals surface area contributed by atoms with Crippen molar-refractivity contribution in [2.75, 3.05) is 14.1 Å². The Balaban J connectivity index is 3.10. The van der Waals surface area contributed by atoms with Gasteiger partial charge in [0.05, 0.1) is 0 Å². The molecule has 0 aromatic heterocycles. The monoisotopic (exact) mass is 106 g/mol. The van der Waals surface area contributed by atoms with E-state index >= 15 is 0 Å². The zero-order valence-electron chi connectivity index (χ0n) is 5.63. The lowest BCUT2D eigenvalue weighted by Gasteiger charge is -2.16. The van der Waals surface area contributed by atoms with E-state index in [0.29, 0.717) is 0 Å². The molecule has 4 radical (unpaired) electrons. The van der Waals surface area contributed by atoms with Crippen molar-refractivity contribution in [1.29, 1.82) is 0 Å². The van der Waals surface area contributed by atoms with Gasteiger partial charge in [-0.15, -0.1) is 0 Å². The summed E-state index contributed by atoms with van der Waals surface area (Å²) in [7, 11) is 12.7. The van der Waals surface area contributed by atoms with E-state index in [0.717, 1.165) is 0 Å². The van der Waals surface area contributed by atoms with E-state index in [2.05, 4.69) is 0 Å². The highest BCUT2D eigenvalue weighted by molar-refractivity contribution is 6.51. The van der Waals surface area contributed by atoms with E-state index in [1.165, 1.54) is 4.72 Å². The van der Waals surface area contributed by atoms with Crippen LogP contribution in [-0.2, 0) is 0 Å². The molecule has 0 aromatic rings. The predicted octanol–water partition coefficient (Wildman–Crippen LogP) is -0.865. The molecule has 0 N–H and O–H groups in total. The van der Waals surface area contributed by atoms with Crippen molar-refractivity contribution < 1.29 is 0 Å². The summed E-state index contributed by atoms with van der Waals surface area (Å²) >= 11 is 0. The minimum atomic E-state index is 1.50. The zero-order valence-corrected chi connectivity index (χ0v) is 5.63. The molecule has 0 amide bonds. The van der Waals surface area contributed by atoms with Crippen LogP contribution in [0, 0.1) is 0 Å². The Kier molecular flexibility index (Phi) is 4.10. The maximum atomic E-state index is 5.28. The molecule has 0 atom stereocenters. The summed E-state index contributed by atoms with van der Waals surface area (Å²) in [5, 5.41) is 0. The van der Waals surface area contributed by atoms with E-state index in [4.69, 9.17) is 7.98 Å². The van der Waals surface area contributed by atoms with Gasteiger partial charge >= 0.3 is 0 Å². The van der Waals surface area contributed by atoms with Gasteiger partial charge in [-0.2, -0.15) is 0 Å². The highest BCUT2D eigenvalue weighted by atomic mass is 15.1. The van der Waals surface area contributed by atoms with Gasteiger partial charge in [0.1, 0.15) is 0 Å². The molecule has 0 bridgehead atoms. The second kappa shape index (κ2) is 4.04. The third-order valence-corrected chi connectivity index (χ3v) is 0.772. The van der Waals surface area contributed by atoms with Crippen LogP contribution in [-0.4, -0.2) is 46.5 Å². The number of hydrogen-bond acceptors (Lipinski definition) is 2. The van der Waals surface area contributed by atoms with Gasteiger partial charge in [-0.3, -0.25) is 0 Å². The molecule has 0 saturated heterocycles. The molecule has 0 saturated carbocycles. The molecule has 0 unspecified atom stereocenters. The Bertz CT molecular complexity index is 58.5. The zero-order chi connectivity index (χ0) is 6.57. The molecule has 0 aliphatic carbocycles. The van der Waals surface area contributed by atoms with Crippen LogP contribution in [0.25, 0.3) is 0 Å². The molecule has 8 heavy (non-hydrogen) atoms. The highest BCUT2D eigenvalue weighted by Crippen LogP contribution is 1.74. The second-order valence-corrected chi connectivity index (χ2v) is 1.70. The van der Waals surface area contributed by atoms with Crippen molar-refractivity contribution in [3.8, 4) is 0 Å². The van der Waals surface area contributed by atoms with E-state index < -0.39 is 0 Å². The van der Waals surface area contributed by atoms with Gasteiger partial charge < -0.3 is 9.44 Å². The Hall–Kier alpha value is 0.115. The molecule has 5 heteroatoms. The molecule has 0 heterocycles. The minimum Gasteiger partial charge on any atom is -0.387 e. The first-order chi connectivity index (χ1) is 3.66. The van der Waals surface area contributed by atoms with Crippen molar-refractivity contribution in [1.82, 2.24) is 9.44 Å². The fourth-order valence-electron chi connectivity index (χ4n) is 0.354. The van der Waals surface area contributed by atoms with Gasteiger partial charge in [0.15, 0.2) is 15.4 Å². The molecule has 0 spiro atoms. The van der Waals surface area contributed by atoms with Gasteiger partial charge in [0, 0.05) is 0 Å². The van der Waals surface area contributed by atoms with Gasteiger partial charge in [-0.1, -0.05) is 6.82 Å². The molecule has 2 nitrogen and oxygen atoms in total. The Morgan fingerprint density at radius 2 is 1.88 bits per heavy atom. The average molecular weight is 106 g/mol. The number of hydrogen-bond donors (Lipinski definition) is 0. The highest BCUT2D eigenvalue weighted by Gasteiger charge is 1.98. The Labute approximate surface area is 54.2 Å². The molecule has 0 fully saturated rings. The van der Waals surface area contributed by atoms with Crippen molar-refractivity contribution in [2.24, 2.45) is 0 Å². The van der Waals surface area contributed by atoms with Crippen molar-refractivity contribution in [3.63, 3.8) is 0 Å². The maximum Gasteiger partial charge on any atom is 0.286 e. The first-order valence-electron chi connectivity index (χ1n) is 2.50. The van der Waals surface area contributed by atoms with Gasteiger partial charge in [-0.25, -0.2) is 0 Å². The fourth-order valence-corrected chi connectivity index (χ4v) is 0.354. The maximum absolute atomic E-state index is 5.28. The number of nitrogens with zero attached hydrogens (tertiary/aromatic N) is 2.